The molecule has 0 atom stereocenters. The molecule has 0 saturated heterocycles. The monoisotopic (exact) mass is 293 g/mol. The van der Waals surface area contributed by atoms with E-state index >= 15 is 0 Å². The number of pyridine rings is 1. The van der Waals surface area contributed by atoms with E-state index in [2.05, 4.69) is 10.4 Å². The second-order valence-corrected chi connectivity index (χ2v) is 6.23. The molecule has 20 heavy (non-hydrogen) atoms. The van der Waals surface area contributed by atoms with Crippen LogP contribution in [0, 0.1) is 0 Å². The zero-order chi connectivity index (χ0) is 14.6. The van der Waals surface area contributed by atoms with Gasteiger partial charge in [0.15, 0.2) is 9.84 Å². The lowest BCUT2D eigenvalue weighted by molar-refractivity contribution is 0.300. The molecule has 0 aliphatic rings. The van der Waals surface area contributed by atoms with Crippen molar-refractivity contribution in [2.24, 2.45) is 5.84 Å². The van der Waals surface area contributed by atoms with Crippen molar-refractivity contribution in [3.05, 3.63) is 48.3 Å². The molecule has 0 spiro atoms. The van der Waals surface area contributed by atoms with E-state index in [9.17, 15) is 8.42 Å². The van der Waals surface area contributed by atoms with Gasteiger partial charge >= 0.3 is 0 Å². The Bertz CT molecular complexity index is 702. The fourth-order valence-electron chi connectivity index (χ4n) is 1.60. The smallest absolute Gasteiger partial charge is 0.175 e. The molecule has 6 nitrogen and oxygen atoms in total. The molecule has 0 bridgehead atoms. The molecule has 1 aromatic carbocycles. The van der Waals surface area contributed by atoms with Crippen LogP contribution in [0.15, 0.2) is 47.5 Å². The number of anilines is 1. The highest BCUT2D eigenvalue weighted by Crippen LogP contribution is 2.18. The number of nitrogen functional groups attached to an aromatic ring is 1. The molecule has 0 aliphatic carbocycles. The maximum atomic E-state index is 11.5. The van der Waals surface area contributed by atoms with Crippen LogP contribution in [-0.2, 0) is 16.4 Å². The van der Waals surface area contributed by atoms with Gasteiger partial charge in [0.05, 0.1) is 16.3 Å². The Labute approximate surface area is 117 Å². The molecule has 0 saturated carbocycles. The highest BCUT2D eigenvalue weighted by Gasteiger charge is 2.08. The summed E-state index contributed by atoms with van der Waals surface area (Å²) in [6, 6.07) is 9.82. The van der Waals surface area contributed by atoms with Crippen LogP contribution in [0.25, 0.3) is 0 Å². The second kappa shape index (κ2) is 5.89. The third-order valence-corrected chi connectivity index (χ3v) is 3.71. The highest BCUT2D eigenvalue weighted by atomic mass is 32.2. The summed E-state index contributed by atoms with van der Waals surface area (Å²) in [5, 5.41) is 0. The first kappa shape index (κ1) is 14.3. The standard InChI is InChI=1S/C13H15N3O3S/c1-20(17,18)13-4-2-3-12(8-13)19-9-11-7-10(16-14)5-6-15-11/h2-8H,9,14H2,1H3,(H,15,16). The minimum absolute atomic E-state index is 0.223. The Balaban J connectivity index is 2.11. The third kappa shape index (κ3) is 3.69. The molecule has 3 N–H and O–H groups in total. The summed E-state index contributed by atoms with van der Waals surface area (Å²) in [6.45, 7) is 0.225. The molecule has 0 aliphatic heterocycles. The van der Waals surface area contributed by atoms with Gasteiger partial charge in [0.25, 0.3) is 0 Å². The van der Waals surface area contributed by atoms with E-state index in [1.807, 2.05) is 0 Å². The summed E-state index contributed by atoms with van der Waals surface area (Å²) in [4.78, 5) is 4.36. The summed E-state index contributed by atoms with van der Waals surface area (Å²) in [6.07, 6.45) is 2.77. The summed E-state index contributed by atoms with van der Waals surface area (Å²) >= 11 is 0. The predicted molar refractivity (Wildman–Crippen MR) is 75.9 cm³/mol. The summed E-state index contributed by atoms with van der Waals surface area (Å²) < 4.78 is 28.4. The lowest BCUT2D eigenvalue weighted by Crippen LogP contribution is -2.08. The predicted octanol–water partition coefficient (Wildman–Crippen LogP) is 1.35. The van der Waals surface area contributed by atoms with Crippen LogP contribution >= 0.6 is 0 Å². The van der Waals surface area contributed by atoms with Crippen LogP contribution in [0.1, 0.15) is 5.69 Å². The van der Waals surface area contributed by atoms with E-state index in [4.69, 9.17) is 10.6 Å². The second-order valence-electron chi connectivity index (χ2n) is 4.22. The zero-order valence-electron chi connectivity index (χ0n) is 10.9. The van der Waals surface area contributed by atoms with Crippen molar-refractivity contribution < 1.29 is 13.2 Å². The number of hydrogen-bond acceptors (Lipinski definition) is 6. The van der Waals surface area contributed by atoms with E-state index in [1.165, 1.54) is 12.1 Å². The Morgan fingerprint density at radius 3 is 2.80 bits per heavy atom. The number of hydrazine groups is 1. The molecule has 0 fully saturated rings. The number of nitrogens with two attached hydrogens (primary N) is 1. The lowest BCUT2D eigenvalue weighted by Gasteiger charge is -2.08. The first-order valence-electron chi connectivity index (χ1n) is 5.83. The molecule has 7 heteroatoms. The molecular weight excluding hydrogens is 278 g/mol. The molecule has 2 rings (SSSR count). The summed E-state index contributed by atoms with van der Waals surface area (Å²) in [7, 11) is -3.24. The van der Waals surface area contributed by atoms with Crippen LogP contribution in [0.3, 0.4) is 0 Å². The maximum Gasteiger partial charge on any atom is 0.175 e. The number of nitrogens with zero attached hydrogens (tertiary/aromatic N) is 1. The van der Waals surface area contributed by atoms with E-state index in [0.717, 1.165) is 11.9 Å². The Kier molecular flexibility index (Phi) is 4.21. The van der Waals surface area contributed by atoms with Crippen molar-refractivity contribution in [1.82, 2.24) is 4.98 Å². The van der Waals surface area contributed by atoms with Gasteiger partial charge in [0, 0.05) is 12.5 Å². The number of sulfone groups is 1. The quantitative estimate of drug-likeness (QED) is 0.638. The Morgan fingerprint density at radius 2 is 2.10 bits per heavy atom. The fraction of sp³-hybridized carbons (Fsp3) is 0.154. The van der Waals surface area contributed by atoms with Gasteiger partial charge < -0.3 is 10.2 Å². The summed E-state index contributed by atoms with van der Waals surface area (Å²) in [5.41, 5.74) is 3.93. The van der Waals surface area contributed by atoms with Crippen LogP contribution in [-0.4, -0.2) is 19.7 Å². The zero-order valence-corrected chi connectivity index (χ0v) is 11.7. The number of benzene rings is 1. The topological polar surface area (TPSA) is 94.3 Å². The average molecular weight is 293 g/mol. The first-order valence-corrected chi connectivity index (χ1v) is 7.72. The van der Waals surface area contributed by atoms with Crippen molar-refractivity contribution in [2.75, 3.05) is 11.7 Å². The minimum Gasteiger partial charge on any atom is -0.487 e. The normalized spacial score (nSPS) is 11.1. The Morgan fingerprint density at radius 1 is 1.30 bits per heavy atom. The number of aromatic nitrogens is 1. The van der Waals surface area contributed by atoms with E-state index in [1.54, 1.807) is 30.5 Å². The highest BCUT2D eigenvalue weighted by molar-refractivity contribution is 7.90. The first-order chi connectivity index (χ1) is 9.49. The number of rotatable bonds is 5. The third-order valence-electron chi connectivity index (χ3n) is 2.60. The maximum absolute atomic E-state index is 11.5. The van der Waals surface area contributed by atoms with Crippen LogP contribution in [0.2, 0.25) is 0 Å². The van der Waals surface area contributed by atoms with E-state index < -0.39 is 9.84 Å². The Hall–Kier alpha value is -2.12. The van der Waals surface area contributed by atoms with Crippen molar-refractivity contribution in [3.63, 3.8) is 0 Å². The molecule has 0 radical (unpaired) electrons. The van der Waals surface area contributed by atoms with Gasteiger partial charge in [-0.25, -0.2) is 8.42 Å². The molecular formula is C13H15N3O3S. The number of ether oxygens (including phenoxy) is 1. The van der Waals surface area contributed by atoms with Crippen molar-refractivity contribution >= 4 is 15.5 Å². The van der Waals surface area contributed by atoms with Gasteiger partial charge in [0.1, 0.15) is 12.4 Å². The summed E-state index contributed by atoms with van der Waals surface area (Å²) in [5.74, 6) is 5.78. The van der Waals surface area contributed by atoms with Gasteiger partial charge in [-0.2, -0.15) is 0 Å². The number of hydrogen-bond donors (Lipinski definition) is 2. The van der Waals surface area contributed by atoms with E-state index in [-0.39, 0.29) is 11.5 Å². The largest absolute Gasteiger partial charge is 0.487 e. The van der Waals surface area contributed by atoms with Gasteiger partial charge in [-0.15, -0.1) is 0 Å². The molecule has 0 unspecified atom stereocenters. The lowest BCUT2D eigenvalue weighted by atomic mass is 10.3. The number of nitrogens with one attached hydrogen (secondary N) is 1. The van der Waals surface area contributed by atoms with Crippen molar-refractivity contribution in [2.45, 2.75) is 11.5 Å². The molecule has 0 amide bonds. The average Bonchev–Trinajstić information content (AvgIpc) is 2.45. The minimum atomic E-state index is -3.24. The SMILES string of the molecule is CS(=O)(=O)c1cccc(OCc2cc(NN)ccn2)c1. The van der Waals surface area contributed by atoms with Crippen molar-refractivity contribution in [1.29, 1.82) is 0 Å². The fourth-order valence-corrected chi connectivity index (χ4v) is 2.25. The molecule has 2 aromatic rings. The van der Waals surface area contributed by atoms with Gasteiger partial charge in [0.2, 0.25) is 0 Å². The molecule has 106 valence electrons. The van der Waals surface area contributed by atoms with Crippen LogP contribution in [0.5, 0.6) is 5.75 Å². The van der Waals surface area contributed by atoms with Crippen LogP contribution < -0.4 is 16.0 Å². The van der Waals surface area contributed by atoms with Gasteiger partial charge in [-0.3, -0.25) is 10.8 Å². The van der Waals surface area contributed by atoms with Gasteiger partial charge in [-0.1, -0.05) is 6.07 Å². The van der Waals surface area contributed by atoms with Crippen LogP contribution in [0.4, 0.5) is 5.69 Å². The molecule has 1 heterocycles. The van der Waals surface area contributed by atoms with E-state index in [0.29, 0.717) is 11.4 Å². The van der Waals surface area contributed by atoms with Crippen molar-refractivity contribution in [3.8, 4) is 5.75 Å². The molecule has 1 aromatic heterocycles. The van der Waals surface area contributed by atoms with Gasteiger partial charge in [-0.05, 0) is 30.3 Å².